The number of aryl methyl sites for hydroxylation is 1. The standard InChI is InChI=1S/C11H9FN2O/c1-14-11(4-5-13-14)8-2-3-9(7-15)10(12)6-8/h2-7H,1H3. The first-order valence-corrected chi connectivity index (χ1v) is 4.45. The van der Waals surface area contributed by atoms with Crippen LogP contribution in [0.15, 0.2) is 30.5 Å². The predicted molar refractivity (Wildman–Crippen MR) is 54.0 cm³/mol. The van der Waals surface area contributed by atoms with Crippen molar-refractivity contribution in [2.75, 3.05) is 0 Å². The Hall–Kier alpha value is -1.97. The summed E-state index contributed by atoms with van der Waals surface area (Å²) in [4.78, 5) is 10.4. The Morgan fingerprint density at radius 1 is 1.40 bits per heavy atom. The Balaban J connectivity index is 2.52. The molecule has 0 saturated carbocycles. The summed E-state index contributed by atoms with van der Waals surface area (Å²) in [6, 6.07) is 6.28. The number of carbonyl (C=O) groups is 1. The average molecular weight is 204 g/mol. The summed E-state index contributed by atoms with van der Waals surface area (Å²) < 4.78 is 15.0. The van der Waals surface area contributed by atoms with Crippen molar-refractivity contribution in [1.29, 1.82) is 0 Å². The Labute approximate surface area is 86.2 Å². The Kier molecular flexibility index (Phi) is 2.33. The van der Waals surface area contributed by atoms with Crippen molar-refractivity contribution < 1.29 is 9.18 Å². The number of hydrogen-bond acceptors (Lipinski definition) is 2. The topological polar surface area (TPSA) is 34.9 Å². The fourth-order valence-corrected chi connectivity index (χ4v) is 1.44. The molecule has 0 bridgehead atoms. The molecule has 0 atom stereocenters. The van der Waals surface area contributed by atoms with Crippen LogP contribution in [0.2, 0.25) is 0 Å². The maximum Gasteiger partial charge on any atom is 0.152 e. The van der Waals surface area contributed by atoms with Gasteiger partial charge in [-0.25, -0.2) is 4.39 Å². The Morgan fingerprint density at radius 3 is 2.73 bits per heavy atom. The highest BCUT2D eigenvalue weighted by Crippen LogP contribution is 2.20. The molecule has 1 aromatic carbocycles. The van der Waals surface area contributed by atoms with E-state index in [1.807, 2.05) is 0 Å². The van der Waals surface area contributed by atoms with E-state index in [0.29, 0.717) is 11.8 Å². The lowest BCUT2D eigenvalue weighted by Gasteiger charge is -2.02. The van der Waals surface area contributed by atoms with Crippen LogP contribution in [-0.4, -0.2) is 16.1 Å². The molecular formula is C11H9FN2O. The van der Waals surface area contributed by atoms with Gasteiger partial charge in [-0.2, -0.15) is 5.10 Å². The summed E-state index contributed by atoms with van der Waals surface area (Å²) in [5.74, 6) is -0.510. The lowest BCUT2D eigenvalue weighted by molar-refractivity contribution is 0.112. The van der Waals surface area contributed by atoms with E-state index in [9.17, 15) is 9.18 Å². The molecule has 0 saturated heterocycles. The molecular weight excluding hydrogens is 195 g/mol. The molecule has 1 aromatic heterocycles. The molecule has 1 heterocycles. The van der Waals surface area contributed by atoms with Crippen LogP contribution in [0, 0.1) is 5.82 Å². The van der Waals surface area contributed by atoms with Gasteiger partial charge < -0.3 is 0 Å². The van der Waals surface area contributed by atoms with Crippen LogP contribution in [0.4, 0.5) is 4.39 Å². The van der Waals surface area contributed by atoms with E-state index >= 15 is 0 Å². The van der Waals surface area contributed by atoms with Gasteiger partial charge in [0.25, 0.3) is 0 Å². The van der Waals surface area contributed by atoms with Crippen molar-refractivity contribution >= 4 is 6.29 Å². The number of carbonyl (C=O) groups excluding carboxylic acids is 1. The highest BCUT2D eigenvalue weighted by atomic mass is 19.1. The van der Waals surface area contributed by atoms with Gasteiger partial charge in [0, 0.05) is 18.8 Å². The van der Waals surface area contributed by atoms with Crippen molar-refractivity contribution in [3.8, 4) is 11.3 Å². The first kappa shape index (κ1) is 9.58. The second-order valence-electron chi connectivity index (χ2n) is 3.19. The minimum atomic E-state index is -0.510. The molecule has 15 heavy (non-hydrogen) atoms. The molecule has 0 aliphatic carbocycles. The monoisotopic (exact) mass is 204 g/mol. The highest BCUT2D eigenvalue weighted by molar-refractivity contribution is 5.77. The Bertz CT molecular complexity index is 505. The number of aldehydes is 1. The van der Waals surface area contributed by atoms with Crippen LogP contribution in [-0.2, 0) is 7.05 Å². The van der Waals surface area contributed by atoms with Gasteiger partial charge in [0.15, 0.2) is 6.29 Å². The van der Waals surface area contributed by atoms with E-state index in [-0.39, 0.29) is 5.56 Å². The molecule has 0 fully saturated rings. The zero-order valence-corrected chi connectivity index (χ0v) is 8.14. The SMILES string of the molecule is Cn1nccc1-c1ccc(C=O)c(F)c1. The van der Waals surface area contributed by atoms with Crippen LogP contribution in [0.5, 0.6) is 0 Å². The zero-order valence-electron chi connectivity index (χ0n) is 8.14. The van der Waals surface area contributed by atoms with Crippen LogP contribution in [0.25, 0.3) is 11.3 Å². The number of halogens is 1. The third-order valence-corrected chi connectivity index (χ3v) is 2.24. The van der Waals surface area contributed by atoms with Crippen molar-refractivity contribution in [2.45, 2.75) is 0 Å². The van der Waals surface area contributed by atoms with E-state index in [1.165, 1.54) is 12.1 Å². The highest BCUT2D eigenvalue weighted by Gasteiger charge is 2.06. The summed E-state index contributed by atoms with van der Waals surface area (Å²) in [6.45, 7) is 0. The number of rotatable bonds is 2. The quantitative estimate of drug-likeness (QED) is 0.701. The Morgan fingerprint density at radius 2 is 2.20 bits per heavy atom. The van der Waals surface area contributed by atoms with Crippen molar-refractivity contribution in [1.82, 2.24) is 9.78 Å². The fraction of sp³-hybridized carbons (Fsp3) is 0.0909. The second-order valence-corrected chi connectivity index (χ2v) is 3.19. The van der Waals surface area contributed by atoms with E-state index < -0.39 is 5.82 Å². The van der Waals surface area contributed by atoms with Crippen molar-refractivity contribution in [2.24, 2.45) is 7.05 Å². The molecule has 76 valence electrons. The molecule has 0 N–H and O–H groups in total. The molecule has 3 nitrogen and oxygen atoms in total. The van der Waals surface area contributed by atoms with Gasteiger partial charge in [-0.3, -0.25) is 9.48 Å². The third-order valence-electron chi connectivity index (χ3n) is 2.24. The molecule has 0 spiro atoms. The van der Waals surface area contributed by atoms with Gasteiger partial charge in [0.05, 0.1) is 11.3 Å². The summed E-state index contributed by atoms with van der Waals surface area (Å²) in [5.41, 5.74) is 1.59. The molecule has 2 rings (SSSR count). The van der Waals surface area contributed by atoms with Crippen LogP contribution in [0.3, 0.4) is 0 Å². The molecule has 2 aromatic rings. The van der Waals surface area contributed by atoms with Gasteiger partial charge in [-0.05, 0) is 18.2 Å². The second kappa shape index (κ2) is 3.65. The van der Waals surface area contributed by atoms with E-state index in [4.69, 9.17) is 0 Å². The number of nitrogens with zero attached hydrogens (tertiary/aromatic N) is 2. The van der Waals surface area contributed by atoms with Gasteiger partial charge >= 0.3 is 0 Å². The van der Waals surface area contributed by atoms with E-state index in [0.717, 1.165) is 5.69 Å². The molecule has 0 aliphatic heterocycles. The molecule has 0 unspecified atom stereocenters. The summed E-state index contributed by atoms with van der Waals surface area (Å²) >= 11 is 0. The van der Waals surface area contributed by atoms with Gasteiger partial charge in [0.1, 0.15) is 5.82 Å². The van der Waals surface area contributed by atoms with Crippen LogP contribution < -0.4 is 0 Å². The van der Waals surface area contributed by atoms with Gasteiger partial charge in [-0.1, -0.05) is 6.07 Å². The van der Waals surface area contributed by atoms with E-state index in [2.05, 4.69) is 5.10 Å². The lowest BCUT2D eigenvalue weighted by atomic mass is 10.1. The minimum absolute atomic E-state index is 0.0703. The number of hydrogen-bond donors (Lipinski definition) is 0. The normalized spacial score (nSPS) is 10.3. The molecule has 0 radical (unpaired) electrons. The van der Waals surface area contributed by atoms with Crippen LogP contribution in [0.1, 0.15) is 10.4 Å². The maximum atomic E-state index is 13.3. The third kappa shape index (κ3) is 1.66. The molecule has 4 heteroatoms. The first-order chi connectivity index (χ1) is 7.22. The minimum Gasteiger partial charge on any atom is -0.298 e. The molecule has 0 aliphatic rings. The largest absolute Gasteiger partial charge is 0.298 e. The maximum absolute atomic E-state index is 13.3. The predicted octanol–water partition coefficient (Wildman–Crippen LogP) is 2.04. The van der Waals surface area contributed by atoms with E-state index in [1.54, 1.807) is 30.1 Å². The van der Waals surface area contributed by atoms with Crippen molar-refractivity contribution in [3.63, 3.8) is 0 Å². The lowest BCUT2D eigenvalue weighted by Crippen LogP contribution is -1.95. The van der Waals surface area contributed by atoms with Crippen LogP contribution >= 0.6 is 0 Å². The summed E-state index contributed by atoms with van der Waals surface area (Å²) in [5, 5.41) is 3.99. The fourth-order valence-electron chi connectivity index (χ4n) is 1.44. The first-order valence-electron chi connectivity index (χ1n) is 4.45. The van der Waals surface area contributed by atoms with Gasteiger partial charge in [0.2, 0.25) is 0 Å². The number of benzene rings is 1. The smallest absolute Gasteiger partial charge is 0.152 e. The zero-order chi connectivity index (χ0) is 10.8. The van der Waals surface area contributed by atoms with Gasteiger partial charge in [-0.15, -0.1) is 0 Å². The molecule has 0 amide bonds. The average Bonchev–Trinajstić information content (AvgIpc) is 2.64. The summed E-state index contributed by atoms with van der Waals surface area (Å²) in [7, 11) is 1.78. The summed E-state index contributed by atoms with van der Waals surface area (Å²) in [6.07, 6.45) is 2.14. The van der Waals surface area contributed by atoms with Crippen molar-refractivity contribution in [3.05, 3.63) is 41.8 Å². The number of aromatic nitrogens is 2.